The van der Waals surface area contributed by atoms with Gasteiger partial charge in [0, 0.05) is 30.7 Å². The summed E-state index contributed by atoms with van der Waals surface area (Å²) in [5, 5.41) is 11.9. The van der Waals surface area contributed by atoms with Crippen molar-refractivity contribution in [3.8, 4) is 5.75 Å². The molecule has 3 heterocycles. The monoisotopic (exact) mass is 658 g/mol. The molecule has 1 aliphatic carbocycles. The third-order valence-corrected chi connectivity index (χ3v) is 8.98. The number of halogens is 3. The van der Waals surface area contributed by atoms with E-state index in [1.165, 1.54) is 13.2 Å². The van der Waals surface area contributed by atoms with Gasteiger partial charge >= 0.3 is 12.3 Å². The van der Waals surface area contributed by atoms with Crippen molar-refractivity contribution in [2.75, 3.05) is 38.6 Å². The molecule has 0 unspecified atom stereocenters. The Morgan fingerprint density at radius 1 is 1.00 bits per heavy atom. The van der Waals surface area contributed by atoms with Gasteiger partial charge < -0.3 is 25.0 Å². The summed E-state index contributed by atoms with van der Waals surface area (Å²) >= 11 is 0. The molecule has 256 valence electrons. The van der Waals surface area contributed by atoms with Gasteiger partial charge in [0.25, 0.3) is 5.91 Å². The fourth-order valence-electron chi connectivity index (χ4n) is 6.39. The normalized spacial score (nSPS) is 19.5. The van der Waals surface area contributed by atoms with Gasteiger partial charge in [-0.1, -0.05) is 6.07 Å². The van der Waals surface area contributed by atoms with E-state index in [4.69, 9.17) is 14.6 Å². The second-order valence-corrected chi connectivity index (χ2v) is 13.7. The van der Waals surface area contributed by atoms with Crippen molar-refractivity contribution in [2.45, 2.75) is 83.5 Å². The van der Waals surface area contributed by atoms with E-state index in [0.29, 0.717) is 28.8 Å². The van der Waals surface area contributed by atoms with Crippen molar-refractivity contribution in [1.29, 1.82) is 0 Å². The Labute approximate surface area is 273 Å². The Morgan fingerprint density at radius 3 is 2.38 bits per heavy atom. The number of hydrogen-bond acceptors (Lipinski definition) is 7. The Balaban J connectivity index is 1.08. The van der Waals surface area contributed by atoms with Crippen molar-refractivity contribution in [3.05, 3.63) is 47.9 Å². The number of fused-ring (bicyclic) bond motifs is 1. The van der Waals surface area contributed by atoms with Crippen LogP contribution in [0.1, 0.15) is 87.9 Å². The lowest BCUT2D eigenvalue weighted by Gasteiger charge is -2.33. The minimum atomic E-state index is -4.65. The van der Waals surface area contributed by atoms with Crippen molar-refractivity contribution >= 4 is 28.6 Å². The minimum Gasteiger partial charge on any atom is -0.494 e. The largest absolute Gasteiger partial charge is 0.494 e. The zero-order valence-electron chi connectivity index (χ0n) is 27.5. The number of nitrogens with one attached hydrogen (secondary N) is 2. The molecule has 0 spiro atoms. The number of pyridine rings is 1. The third kappa shape index (κ3) is 9.15. The van der Waals surface area contributed by atoms with Crippen LogP contribution in [0.4, 0.5) is 23.7 Å². The summed E-state index contributed by atoms with van der Waals surface area (Å²) in [6.45, 7) is 9.16. The molecule has 0 atom stereocenters. The van der Waals surface area contributed by atoms with E-state index in [9.17, 15) is 22.8 Å². The number of aromatic nitrogens is 3. The highest BCUT2D eigenvalue weighted by Gasteiger charge is 2.33. The third-order valence-electron chi connectivity index (χ3n) is 8.98. The van der Waals surface area contributed by atoms with E-state index in [0.717, 1.165) is 88.6 Å². The summed E-state index contributed by atoms with van der Waals surface area (Å²) in [6.07, 6.45) is 4.42. The molecular formula is C34H45F3N6O4. The maximum Gasteiger partial charge on any atom is 0.433 e. The number of hydrogen-bond donors (Lipinski definition) is 2. The van der Waals surface area contributed by atoms with Crippen molar-refractivity contribution < 1.29 is 32.2 Å². The maximum atomic E-state index is 13.1. The second kappa shape index (κ2) is 14.5. The molecule has 1 aliphatic heterocycles. The topological polar surface area (TPSA) is 111 Å². The summed E-state index contributed by atoms with van der Waals surface area (Å²) < 4.78 is 52.2. The first kappa shape index (κ1) is 34.5. The Hall–Kier alpha value is -3.87. The Morgan fingerprint density at radius 2 is 1.72 bits per heavy atom. The quantitative estimate of drug-likeness (QED) is 0.237. The van der Waals surface area contributed by atoms with Gasteiger partial charge in [0.15, 0.2) is 0 Å². The summed E-state index contributed by atoms with van der Waals surface area (Å²) in [7, 11) is 1.46. The SMILES string of the molecule is COc1cc2nn(C3CCC(CNCCC4CCN(C(=O)OC(C)(C)C)CC4)CC3)cc2cc1NC(=O)c1cccc(C(F)(F)F)n1. The molecule has 0 bridgehead atoms. The number of benzene rings is 1. The van der Waals surface area contributed by atoms with Gasteiger partial charge in [-0.2, -0.15) is 18.3 Å². The molecule has 2 aliphatic rings. The molecule has 2 N–H and O–H groups in total. The fraction of sp³-hybridized carbons (Fsp3) is 0.588. The van der Waals surface area contributed by atoms with Crippen molar-refractivity contribution in [1.82, 2.24) is 25.0 Å². The van der Waals surface area contributed by atoms with Gasteiger partial charge in [0.1, 0.15) is 22.7 Å². The average molecular weight is 659 g/mol. The van der Waals surface area contributed by atoms with E-state index < -0.39 is 23.4 Å². The highest BCUT2D eigenvalue weighted by molar-refractivity contribution is 6.05. The van der Waals surface area contributed by atoms with Gasteiger partial charge in [-0.25, -0.2) is 9.78 Å². The molecule has 47 heavy (non-hydrogen) atoms. The predicted octanol–water partition coefficient (Wildman–Crippen LogP) is 7.07. The van der Waals surface area contributed by atoms with Crippen LogP contribution in [0.25, 0.3) is 10.9 Å². The van der Waals surface area contributed by atoms with Crippen LogP contribution in [0.2, 0.25) is 0 Å². The molecule has 2 aromatic heterocycles. The number of piperidine rings is 1. The number of nitrogens with zero attached hydrogens (tertiary/aromatic N) is 4. The van der Waals surface area contributed by atoms with Crippen LogP contribution in [0.15, 0.2) is 36.5 Å². The number of carbonyl (C=O) groups excluding carboxylic acids is 2. The van der Waals surface area contributed by atoms with Crippen LogP contribution in [-0.2, 0) is 10.9 Å². The molecule has 1 aromatic carbocycles. The van der Waals surface area contributed by atoms with Crippen LogP contribution in [0.3, 0.4) is 0 Å². The summed E-state index contributed by atoms with van der Waals surface area (Å²) in [5.74, 6) is 0.815. The Bertz CT molecular complexity index is 1540. The number of amides is 2. The molecule has 0 radical (unpaired) electrons. The van der Waals surface area contributed by atoms with E-state index in [1.807, 2.05) is 36.5 Å². The number of carbonyl (C=O) groups is 2. The van der Waals surface area contributed by atoms with Gasteiger partial charge in [0.2, 0.25) is 0 Å². The van der Waals surface area contributed by atoms with Gasteiger partial charge in [0.05, 0.1) is 24.4 Å². The molecule has 1 saturated carbocycles. The minimum absolute atomic E-state index is 0.212. The van der Waals surface area contributed by atoms with Crippen LogP contribution >= 0.6 is 0 Å². The first-order valence-corrected chi connectivity index (χ1v) is 16.4. The van der Waals surface area contributed by atoms with Crippen LogP contribution in [0.5, 0.6) is 5.75 Å². The predicted molar refractivity (Wildman–Crippen MR) is 172 cm³/mol. The average Bonchev–Trinajstić information content (AvgIpc) is 3.45. The molecule has 2 amide bonds. The second-order valence-electron chi connectivity index (χ2n) is 13.7. The summed E-state index contributed by atoms with van der Waals surface area (Å²) in [6, 6.07) is 6.91. The number of alkyl halides is 3. The fourth-order valence-corrected chi connectivity index (χ4v) is 6.39. The highest BCUT2D eigenvalue weighted by Crippen LogP contribution is 2.35. The van der Waals surface area contributed by atoms with Gasteiger partial charge in [-0.05, 0) is 109 Å². The van der Waals surface area contributed by atoms with Crippen LogP contribution < -0.4 is 15.4 Å². The molecule has 3 aromatic rings. The number of ether oxygens (including phenoxy) is 2. The van der Waals surface area contributed by atoms with E-state index >= 15 is 0 Å². The molecule has 2 fully saturated rings. The Kier molecular flexibility index (Phi) is 10.6. The van der Waals surface area contributed by atoms with Crippen molar-refractivity contribution in [3.63, 3.8) is 0 Å². The van der Waals surface area contributed by atoms with Crippen LogP contribution in [-0.4, -0.2) is 70.6 Å². The summed E-state index contributed by atoms with van der Waals surface area (Å²) in [4.78, 5) is 30.4. The number of rotatable bonds is 9. The summed E-state index contributed by atoms with van der Waals surface area (Å²) in [5.41, 5.74) is -0.910. The first-order chi connectivity index (χ1) is 22.3. The molecule has 10 nitrogen and oxygen atoms in total. The van der Waals surface area contributed by atoms with E-state index in [2.05, 4.69) is 15.6 Å². The molecule has 1 saturated heterocycles. The zero-order valence-corrected chi connectivity index (χ0v) is 27.5. The first-order valence-electron chi connectivity index (χ1n) is 16.4. The number of anilines is 1. The number of methoxy groups -OCH3 is 1. The smallest absolute Gasteiger partial charge is 0.433 e. The standard InChI is InChI=1S/C34H45F3N6O4/c1-33(2,3)47-32(45)42-16-13-22(14-17-42)12-15-38-20-23-8-10-25(11-9-23)43-21-24-18-28(29(46-4)19-27(24)41-43)40-31(44)26-6-5-7-30(39-26)34(35,36)37/h5-7,18-19,21-23,25,38H,8-17,20H2,1-4H3,(H,40,44). The zero-order chi connectivity index (χ0) is 33.8. The maximum absolute atomic E-state index is 13.1. The lowest BCUT2D eigenvalue weighted by molar-refractivity contribution is -0.141. The van der Waals surface area contributed by atoms with Crippen LogP contribution in [0, 0.1) is 11.8 Å². The molecule has 5 rings (SSSR count). The van der Waals surface area contributed by atoms with Gasteiger partial charge in [-0.15, -0.1) is 0 Å². The lowest BCUT2D eigenvalue weighted by atomic mass is 9.86. The highest BCUT2D eigenvalue weighted by atomic mass is 19.4. The lowest BCUT2D eigenvalue weighted by Crippen LogP contribution is -2.42. The van der Waals surface area contributed by atoms with E-state index in [-0.39, 0.29) is 17.8 Å². The van der Waals surface area contributed by atoms with Gasteiger partial charge in [-0.3, -0.25) is 9.48 Å². The van der Waals surface area contributed by atoms with E-state index in [1.54, 1.807) is 12.1 Å². The molecular weight excluding hydrogens is 613 g/mol. The van der Waals surface area contributed by atoms with Crippen molar-refractivity contribution in [2.24, 2.45) is 11.8 Å². The molecule has 13 heteroatoms. The number of likely N-dealkylation sites (tertiary alicyclic amines) is 1.